The van der Waals surface area contributed by atoms with Gasteiger partial charge in [-0.1, -0.05) is 19.1 Å². The summed E-state index contributed by atoms with van der Waals surface area (Å²) in [4.78, 5) is 0. The van der Waals surface area contributed by atoms with Gasteiger partial charge in [0.2, 0.25) is 0 Å². The van der Waals surface area contributed by atoms with E-state index in [-0.39, 0.29) is 0 Å². The SMILES string of the molecule is COc1ccccc1OCC(C)CN. The van der Waals surface area contributed by atoms with E-state index in [2.05, 4.69) is 6.92 Å². The van der Waals surface area contributed by atoms with Gasteiger partial charge in [-0.15, -0.1) is 0 Å². The zero-order valence-electron chi connectivity index (χ0n) is 8.69. The van der Waals surface area contributed by atoms with Crippen LogP contribution in [-0.4, -0.2) is 20.3 Å². The van der Waals surface area contributed by atoms with Crippen molar-refractivity contribution in [3.8, 4) is 11.5 Å². The van der Waals surface area contributed by atoms with Gasteiger partial charge in [0.1, 0.15) is 0 Å². The zero-order chi connectivity index (χ0) is 10.4. The van der Waals surface area contributed by atoms with Crippen LogP contribution in [0.2, 0.25) is 0 Å². The van der Waals surface area contributed by atoms with Crippen molar-refractivity contribution in [1.82, 2.24) is 0 Å². The van der Waals surface area contributed by atoms with E-state index in [1.807, 2.05) is 24.3 Å². The van der Waals surface area contributed by atoms with Gasteiger partial charge in [-0.05, 0) is 18.7 Å². The van der Waals surface area contributed by atoms with E-state index in [9.17, 15) is 0 Å². The van der Waals surface area contributed by atoms with Crippen LogP contribution in [0.1, 0.15) is 6.92 Å². The van der Waals surface area contributed by atoms with Crippen molar-refractivity contribution in [3.05, 3.63) is 24.3 Å². The molecule has 3 heteroatoms. The second kappa shape index (κ2) is 5.50. The Labute approximate surface area is 84.8 Å². The molecule has 78 valence electrons. The van der Waals surface area contributed by atoms with Crippen molar-refractivity contribution in [2.75, 3.05) is 20.3 Å². The van der Waals surface area contributed by atoms with Crippen molar-refractivity contribution >= 4 is 0 Å². The molecule has 1 unspecified atom stereocenters. The monoisotopic (exact) mass is 195 g/mol. The van der Waals surface area contributed by atoms with Crippen LogP contribution in [0.25, 0.3) is 0 Å². The number of benzene rings is 1. The van der Waals surface area contributed by atoms with Crippen LogP contribution in [0.15, 0.2) is 24.3 Å². The molecule has 0 heterocycles. The van der Waals surface area contributed by atoms with Gasteiger partial charge in [-0.2, -0.15) is 0 Å². The van der Waals surface area contributed by atoms with Crippen LogP contribution >= 0.6 is 0 Å². The minimum absolute atomic E-state index is 0.361. The first-order valence-corrected chi connectivity index (χ1v) is 4.73. The summed E-state index contributed by atoms with van der Waals surface area (Å²) >= 11 is 0. The second-order valence-electron chi connectivity index (χ2n) is 3.30. The average Bonchev–Trinajstić information content (AvgIpc) is 2.26. The van der Waals surface area contributed by atoms with Crippen molar-refractivity contribution in [1.29, 1.82) is 0 Å². The Hall–Kier alpha value is -1.22. The lowest BCUT2D eigenvalue weighted by molar-refractivity contribution is 0.251. The first kappa shape index (κ1) is 10.9. The van der Waals surface area contributed by atoms with Gasteiger partial charge in [0.25, 0.3) is 0 Å². The molecule has 0 aliphatic rings. The summed E-state index contributed by atoms with van der Waals surface area (Å²) in [6.45, 7) is 3.31. The smallest absolute Gasteiger partial charge is 0.161 e. The predicted octanol–water partition coefficient (Wildman–Crippen LogP) is 1.67. The van der Waals surface area contributed by atoms with Gasteiger partial charge in [-0.25, -0.2) is 0 Å². The summed E-state index contributed by atoms with van der Waals surface area (Å²) in [6, 6.07) is 7.60. The van der Waals surface area contributed by atoms with E-state index in [0.717, 1.165) is 11.5 Å². The van der Waals surface area contributed by atoms with Gasteiger partial charge in [0, 0.05) is 5.92 Å². The Kier molecular flexibility index (Phi) is 4.26. The zero-order valence-corrected chi connectivity index (χ0v) is 8.69. The molecular formula is C11H17NO2. The Bertz CT molecular complexity index is 276. The van der Waals surface area contributed by atoms with Crippen LogP contribution in [0.5, 0.6) is 11.5 Å². The molecule has 0 saturated heterocycles. The van der Waals surface area contributed by atoms with E-state index in [1.54, 1.807) is 7.11 Å². The minimum atomic E-state index is 0.361. The number of nitrogens with two attached hydrogens (primary N) is 1. The molecule has 2 N–H and O–H groups in total. The molecule has 0 fully saturated rings. The highest BCUT2D eigenvalue weighted by molar-refractivity contribution is 5.39. The van der Waals surface area contributed by atoms with E-state index < -0.39 is 0 Å². The molecule has 3 nitrogen and oxygen atoms in total. The average molecular weight is 195 g/mol. The third-order valence-electron chi connectivity index (χ3n) is 1.99. The lowest BCUT2D eigenvalue weighted by atomic mass is 10.2. The summed E-state index contributed by atoms with van der Waals surface area (Å²) in [5.74, 6) is 1.90. The first-order chi connectivity index (χ1) is 6.77. The summed E-state index contributed by atoms with van der Waals surface area (Å²) in [5, 5.41) is 0. The summed E-state index contributed by atoms with van der Waals surface area (Å²) < 4.78 is 10.7. The van der Waals surface area contributed by atoms with Crippen LogP contribution < -0.4 is 15.2 Å². The van der Waals surface area contributed by atoms with Crippen molar-refractivity contribution in [2.24, 2.45) is 11.7 Å². The molecular weight excluding hydrogens is 178 g/mol. The highest BCUT2D eigenvalue weighted by Crippen LogP contribution is 2.25. The Morgan fingerprint density at radius 3 is 2.50 bits per heavy atom. The molecule has 14 heavy (non-hydrogen) atoms. The quantitative estimate of drug-likeness (QED) is 0.777. The maximum absolute atomic E-state index is 5.58. The van der Waals surface area contributed by atoms with Gasteiger partial charge < -0.3 is 15.2 Å². The number of hydrogen-bond acceptors (Lipinski definition) is 3. The van der Waals surface area contributed by atoms with Crippen LogP contribution in [0, 0.1) is 5.92 Å². The fourth-order valence-electron chi connectivity index (χ4n) is 1.04. The molecule has 0 spiro atoms. The van der Waals surface area contributed by atoms with Crippen LogP contribution in [0.4, 0.5) is 0 Å². The maximum atomic E-state index is 5.58. The van der Waals surface area contributed by atoms with E-state index in [0.29, 0.717) is 19.1 Å². The van der Waals surface area contributed by atoms with Crippen molar-refractivity contribution in [3.63, 3.8) is 0 Å². The molecule has 0 saturated carbocycles. The number of methoxy groups -OCH3 is 1. The number of hydrogen-bond donors (Lipinski definition) is 1. The van der Waals surface area contributed by atoms with Gasteiger partial charge in [0.15, 0.2) is 11.5 Å². The lowest BCUT2D eigenvalue weighted by Gasteiger charge is -2.13. The second-order valence-corrected chi connectivity index (χ2v) is 3.30. The highest BCUT2D eigenvalue weighted by atomic mass is 16.5. The highest BCUT2D eigenvalue weighted by Gasteiger charge is 2.04. The Balaban J connectivity index is 2.57. The van der Waals surface area contributed by atoms with Crippen molar-refractivity contribution in [2.45, 2.75) is 6.92 Å². The topological polar surface area (TPSA) is 44.5 Å². The largest absolute Gasteiger partial charge is 0.493 e. The van der Waals surface area contributed by atoms with E-state index >= 15 is 0 Å². The minimum Gasteiger partial charge on any atom is -0.493 e. The molecule has 1 aromatic carbocycles. The predicted molar refractivity (Wildman–Crippen MR) is 56.7 cm³/mol. The summed E-state index contributed by atoms with van der Waals surface area (Å²) in [7, 11) is 1.63. The van der Waals surface area contributed by atoms with Crippen LogP contribution in [-0.2, 0) is 0 Å². The van der Waals surface area contributed by atoms with Gasteiger partial charge >= 0.3 is 0 Å². The molecule has 0 aliphatic carbocycles. The standard InChI is InChI=1S/C11H17NO2/c1-9(7-12)8-14-11-6-4-3-5-10(11)13-2/h3-6,9H,7-8,12H2,1-2H3. The molecule has 0 radical (unpaired) electrons. The maximum Gasteiger partial charge on any atom is 0.161 e. The molecule has 0 amide bonds. The van der Waals surface area contributed by atoms with Crippen LogP contribution in [0.3, 0.4) is 0 Å². The normalized spacial score (nSPS) is 12.2. The summed E-state index contributed by atoms with van der Waals surface area (Å²) in [6.07, 6.45) is 0. The third kappa shape index (κ3) is 2.92. The van der Waals surface area contributed by atoms with Crippen molar-refractivity contribution < 1.29 is 9.47 Å². The molecule has 1 atom stereocenters. The molecule has 0 bridgehead atoms. The number of rotatable bonds is 5. The summed E-state index contributed by atoms with van der Waals surface area (Å²) in [5.41, 5.74) is 5.50. The van der Waals surface area contributed by atoms with Gasteiger partial charge in [0.05, 0.1) is 13.7 Å². The van der Waals surface area contributed by atoms with E-state index in [4.69, 9.17) is 15.2 Å². The number of para-hydroxylation sites is 2. The third-order valence-corrected chi connectivity index (χ3v) is 1.99. The first-order valence-electron chi connectivity index (χ1n) is 4.73. The fraction of sp³-hybridized carbons (Fsp3) is 0.455. The Morgan fingerprint density at radius 2 is 1.93 bits per heavy atom. The van der Waals surface area contributed by atoms with E-state index in [1.165, 1.54) is 0 Å². The molecule has 0 aromatic heterocycles. The lowest BCUT2D eigenvalue weighted by Crippen LogP contribution is -2.18. The number of ether oxygens (including phenoxy) is 2. The molecule has 0 aliphatic heterocycles. The fourth-order valence-corrected chi connectivity index (χ4v) is 1.04. The van der Waals surface area contributed by atoms with Gasteiger partial charge in [-0.3, -0.25) is 0 Å². The molecule has 1 aromatic rings. The molecule has 1 rings (SSSR count). The Morgan fingerprint density at radius 1 is 1.29 bits per heavy atom.